The Morgan fingerprint density at radius 2 is 1.76 bits per heavy atom. The van der Waals surface area contributed by atoms with Crippen molar-refractivity contribution in [2.75, 3.05) is 0 Å². The molecule has 0 aliphatic rings. The molecule has 1 atom stereocenters. The van der Waals surface area contributed by atoms with Crippen molar-refractivity contribution >= 4 is 17.2 Å². The summed E-state index contributed by atoms with van der Waals surface area (Å²) < 4.78 is 18.3. The molecule has 2 heterocycles. The maximum absolute atomic E-state index is 13.1. The predicted molar refractivity (Wildman–Crippen MR) is 108 cm³/mol. The molecule has 0 fully saturated rings. The van der Waals surface area contributed by atoms with Gasteiger partial charge in [0.1, 0.15) is 22.6 Å². The Morgan fingerprint density at radius 3 is 2.48 bits per heavy atom. The maximum Gasteiger partial charge on any atom is 0.271 e. The smallest absolute Gasteiger partial charge is 0.271 e. The van der Waals surface area contributed by atoms with Crippen molar-refractivity contribution in [3.63, 3.8) is 0 Å². The summed E-state index contributed by atoms with van der Waals surface area (Å²) >= 11 is 1.41. The molecule has 0 unspecified atom stereocenters. The van der Waals surface area contributed by atoms with E-state index in [1.54, 1.807) is 24.4 Å². The molecule has 2 aromatic carbocycles. The number of nitrogens with one attached hydrogen (secondary N) is 1. The van der Waals surface area contributed by atoms with Crippen LogP contribution in [-0.4, -0.2) is 21.0 Å². The minimum atomic E-state index is -0.506. The van der Waals surface area contributed by atoms with Gasteiger partial charge < -0.3 is 9.84 Å². The van der Waals surface area contributed by atoms with Crippen LogP contribution >= 0.6 is 11.3 Å². The highest BCUT2D eigenvalue weighted by atomic mass is 32.1. The number of halogens is 1. The summed E-state index contributed by atoms with van der Waals surface area (Å²) in [6.07, 6.45) is 0. The van der Waals surface area contributed by atoms with Crippen LogP contribution in [0.15, 0.2) is 58.4 Å². The number of rotatable bonds is 5. The number of thiazole rings is 1. The molecule has 4 aromatic rings. The summed E-state index contributed by atoms with van der Waals surface area (Å²) in [4.78, 5) is 21.3. The van der Waals surface area contributed by atoms with Crippen LogP contribution in [0.25, 0.3) is 22.0 Å². The van der Waals surface area contributed by atoms with E-state index >= 15 is 0 Å². The molecule has 0 aliphatic heterocycles. The van der Waals surface area contributed by atoms with Crippen molar-refractivity contribution in [1.29, 1.82) is 0 Å². The summed E-state index contributed by atoms with van der Waals surface area (Å²) in [5.41, 5.74) is 3.09. The van der Waals surface area contributed by atoms with Crippen molar-refractivity contribution in [2.45, 2.75) is 19.9 Å². The van der Waals surface area contributed by atoms with Gasteiger partial charge in [0.05, 0.1) is 0 Å². The topological polar surface area (TPSA) is 80.9 Å². The minimum Gasteiger partial charge on any atom is -0.339 e. The van der Waals surface area contributed by atoms with Crippen LogP contribution in [0.5, 0.6) is 0 Å². The third kappa shape index (κ3) is 4.22. The molecule has 8 heteroatoms. The first-order chi connectivity index (χ1) is 14.0. The zero-order chi connectivity index (χ0) is 20.4. The first kappa shape index (κ1) is 18.9. The molecule has 6 nitrogen and oxygen atoms in total. The number of hydrogen-bond acceptors (Lipinski definition) is 6. The molecule has 29 heavy (non-hydrogen) atoms. The van der Waals surface area contributed by atoms with E-state index in [1.165, 1.54) is 23.5 Å². The second kappa shape index (κ2) is 7.92. The molecule has 0 saturated carbocycles. The first-order valence-electron chi connectivity index (χ1n) is 8.92. The number of carbonyl (C=O) groups is 1. The van der Waals surface area contributed by atoms with Gasteiger partial charge >= 0.3 is 0 Å². The Labute approximate surface area is 170 Å². The van der Waals surface area contributed by atoms with Crippen LogP contribution in [-0.2, 0) is 0 Å². The van der Waals surface area contributed by atoms with Gasteiger partial charge in [-0.15, -0.1) is 11.3 Å². The van der Waals surface area contributed by atoms with Gasteiger partial charge in [0.15, 0.2) is 0 Å². The highest BCUT2D eigenvalue weighted by Gasteiger charge is 2.20. The maximum atomic E-state index is 13.1. The first-order valence-corrected chi connectivity index (χ1v) is 9.80. The van der Waals surface area contributed by atoms with Gasteiger partial charge in [-0.3, -0.25) is 4.79 Å². The van der Waals surface area contributed by atoms with Crippen molar-refractivity contribution in [3.05, 3.63) is 76.9 Å². The average molecular weight is 408 g/mol. The average Bonchev–Trinajstić information content (AvgIpc) is 3.39. The van der Waals surface area contributed by atoms with Crippen LogP contribution in [0.4, 0.5) is 4.39 Å². The second-order valence-electron chi connectivity index (χ2n) is 6.56. The van der Waals surface area contributed by atoms with Crippen LogP contribution in [0.3, 0.4) is 0 Å². The number of nitrogens with zero attached hydrogens (tertiary/aromatic N) is 3. The molecule has 146 valence electrons. The fourth-order valence-corrected chi connectivity index (χ4v) is 3.47. The quantitative estimate of drug-likeness (QED) is 0.513. The zero-order valence-corrected chi connectivity index (χ0v) is 16.5. The van der Waals surface area contributed by atoms with Gasteiger partial charge in [0.25, 0.3) is 5.91 Å². The Hall–Kier alpha value is -3.39. The monoisotopic (exact) mass is 408 g/mol. The van der Waals surface area contributed by atoms with E-state index in [0.29, 0.717) is 17.1 Å². The number of aromatic nitrogens is 3. The van der Waals surface area contributed by atoms with Crippen LogP contribution < -0.4 is 5.32 Å². The standard InChI is InChI=1S/C21H17FN4O2S/c1-12-3-5-15(6-4-12)21-24-17(11-29-21)19(27)23-13(2)20-25-18(26-28-20)14-7-9-16(22)10-8-14/h3-11,13H,1-2H3,(H,23,27)/t13-/m0/s1. The second-order valence-corrected chi connectivity index (χ2v) is 7.42. The Kier molecular flexibility index (Phi) is 5.18. The van der Waals surface area contributed by atoms with Crippen molar-refractivity contribution in [3.8, 4) is 22.0 Å². The lowest BCUT2D eigenvalue weighted by molar-refractivity contribution is 0.0928. The summed E-state index contributed by atoms with van der Waals surface area (Å²) in [5.74, 6) is -0.0805. The highest BCUT2D eigenvalue weighted by molar-refractivity contribution is 7.13. The number of amides is 1. The predicted octanol–water partition coefficient (Wildman–Crippen LogP) is 4.80. The molecule has 0 spiro atoms. The molecule has 2 aromatic heterocycles. The van der Waals surface area contributed by atoms with E-state index in [1.807, 2.05) is 31.2 Å². The van der Waals surface area contributed by atoms with Gasteiger partial charge in [-0.05, 0) is 38.1 Å². The summed E-state index contributed by atoms with van der Waals surface area (Å²) in [7, 11) is 0. The third-order valence-corrected chi connectivity index (χ3v) is 5.19. The summed E-state index contributed by atoms with van der Waals surface area (Å²) in [6.45, 7) is 3.76. The van der Waals surface area contributed by atoms with Crippen LogP contribution in [0.1, 0.15) is 34.9 Å². The zero-order valence-electron chi connectivity index (χ0n) is 15.7. The van der Waals surface area contributed by atoms with Crippen molar-refractivity contribution < 1.29 is 13.7 Å². The van der Waals surface area contributed by atoms with E-state index in [4.69, 9.17) is 4.52 Å². The molecular formula is C21H17FN4O2S. The fraction of sp³-hybridized carbons (Fsp3) is 0.143. The van der Waals surface area contributed by atoms with E-state index in [0.717, 1.165) is 16.1 Å². The van der Waals surface area contributed by atoms with E-state index in [-0.39, 0.29) is 17.6 Å². The van der Waals surface area contributed by atoms with E-state index in [2.05, 4.69) is 20.4 Å². The van der Waals surface area contributed by atoms with E-state index < -0.39 is 6.04 Å². The van der Waals surface area contributed by atoms with E-state index in [9.17, 15) is 9.18 Å². The molecule has 0 saturated heterocycles. The lowest BCUT2D eigenvalue weighted by Gasteiger charge is -2.07. The molecule has 1 N–H and O–H groups in total. The lowest BCUT2D eigenvalue weighted by atomic mass is 10.2. The molecule has 4 rings (SSSR count). The van der Waals surface area contributed by atoms with Crippen LogP contribution in [0, 0.1) is 12.7 Å². The highest BCUT2D eigenvalue weighted by Crippen LogP contribution is 2.24. The number of carbonyl (C=O) groups excluding carboxylic acids is 1. The Bertz CT molecular complexity index is 1140. The van der Waals surface area contributed by atoms with Gasteiger partial charge in [-0.1, -0.05) is 35.0 Å². The molecule has 0 aliphatic carbocycles. The third-order valence-electron chi connectivity index (χ3n) is 4.30. The minimum absolute atomic E-state index is 0.256. The number of hydrogen-bond donors (Lipinski definition) is 1. The molecular weight excluding hydrogens is 391 g/mol. The molecule has 0 radical (unpaired) electrons. The molecule has 1 amide bonds. The Morgan fingerprint density at radius 1 is 1.07 bits per heavy atom. The SMILES string of the molecule is Cc1ccc(-c2nc(C(=O)N[C@@H](C)c3nc(-c4ccc(F)cc4)no3)cs2)cc1. The molecule has 0 bridgehead atoms. The number of aryl methyl sites for hydroxylation is 1. The fourth-order valence-electron chi connectivity index (χ4n) is 2.67. The number of benzene rings is 2. The van der Waals surface area contributed by atoms with Gasteiger partial charge in [0.2, 0.25) is 11.7 Å². The lowest BCUT2D eigenvalue weighted by Crippen LogP contribution is -2.27. The van der Waals surface area contributed by atoms with Gasteiger partial charge in [0, 0.05) is 16.5 Å². The van der Waals surface area contributed by atoms with Crippen LogP contribution in [0.2, 0.25) is 0 Å². The normalized spacial score (nSPS) is 12.0. The van der Waals surface area contributed by atoms with Gasteiger partial charge in [-0.2, -0.15) is 4.98 Å². The summed E-state index contributed by atoms with van der Waals surface area (Å²) in [6, 6.07) is 13.2. The largest absolute Gasteiger partial charge is 0.339 e. The Balaban J connectivity index is 1.45. The van der Waals surface area contributed by atoms with Crippen molar-refractivity contribution in [1.82, 2.24) is 20.4 Å². The summed E-state index contributed by atoms with van der Waals surface area (Å²) in [5, 5.41) is 9.20. The van der Waals surface area contributed by atoms with Crippen molar-refractivity contribution in [2.24, 2.45) is 0 Å². The van der Waals surface area contributed by atoms with Gasteiger partial charge in [-0.25, -0.2) is 9.37 Å².